The van der Waals surface area contributed by atoms with Crippen LogP contribution in [0.25, 0.3) is 0 Å². The lowest BCUT2D eigenvalue weighted by Gasteiger charge is -2.44. The molecule has 0 spiro atoms. The first kappa shape index (κ1) is 14.0. The molecule has 3 nitrogen and oxygen atoms in total. The molecule has 16 heavy (non-hydrogen) atoms. The highest BCUT2D eigenvalue weighted by Crippen LogP contribution is 2.20. The maximum absolute atomic E-state index is 4.77. The number of aliphatic imine (C=N–C) groups is 1. The number of hydrogen-bond donors (Lipinski definition) is 0. The van der Waals surface area contributed by atoms with Crippen molar-refractivity contribution in [1.82, 2.24) is 4.90 Å². The second kappa shape index (κ2) is 6.01. The van der Waals surface area contributed by atoms with Crippen LogP contribution in [0.2, 0.25) is 0 Å². The van der Waals surface area contributed by atoms with Crippen molar-refractivity contribution in [3.05, 3.63) is 0 Å². The molecule has 0 amide bonds. The Morgan fingerprint density at radius 2 is 2.06 bits per heavy atom. The third kappa shape index (κ3) is 2.77. The minimum Gasteiger partial charge on any atom is -1.00 e. The molecule has 4 heteroatoms. The first-order valence-corrected chi connectivity index (χ1v) is 6.41. The molecular formula is C12H24BrN3. The number of halogens is 1. The van der Waals surface area contributed by atoms with Crippen molar-refractivity contribution >= 4 is 5.96 Å². The summed E-state index contributed by atoms with van der Waals surface area (Å²) < 4.78 is 1.09. The highest BCUT2D eigenvalue weighted by molar-refractivity contribution is 5.74. The lowest BCUT2D eigenvalue weighted by molar-refractivity contribution is -0.831. The molecule has 1 fully saturated rings. The minimum atomic E-state index is 0. The van der Waals surface area contributed by atoms with E-state index in [4.69, 9.17) is 4.99 Å². The summed E-state index contributed by atoms with van der Waals surface area (Å²) in [6.07, 6.45) is 5.20. The Balaban J connectivity index is 0.00000128. The maximum Gasteiger partial charge on any atom is 0.300 e. The summed E-state index contributed by atoms with van der Waals surface area (Å²) in [7, 11) is 2.37. The van der Waals surface area contributed by atoms with Gasteiger partial charge in [-0.25, -0.2) is 4.99 Å². The molecule has 2 aliphatic rings. The summed E-state index contributed by atoms with van der Waals surface area (Å²) in [5, 5.41) is 0. The van der Waals surface area contributed by atoms with Crippen molar-refractivity contribution in [3.8, 4) is 0 Å². The quantitative estimate of drug-likeness (QED) is 0.590. The van der Waals surface area contributed by atoms with Gasteiger partial charge in [-0.1, -0.05) is 13.3 Å². The molecular weight excluding hydrogens is 266 g/mol. The molecule has 0 aromatic heterocycles. The molecule has 94 valence electrons. The van der Waals surface area contributed by atoms with Gasteiger partial charge in [0.25, 0.3) is 5.96 Å². The number of nitrogens with zero attached hydrogens (tertiary/aromatic N) is 3. The third-order valence-electron chi connectivity index (χ3n) is 3.69. The molecule has 1 saturated heterocycles. The number of unbranched alkanes of at least 4 members (excludes halogenated alkanes) is 1. The van der Waals surface area contributed by atoms with E-state index in [2.05, 4.69) is 18.9 Å². The van der Waals surface area contributed by atoms with Gasteiger partial charge in [-0.05, 0) is 12.8 Å². The summed E-state index contributed by atoms with van der Waals surface area (Å²) in [6.45, 7) is 8.35. The average Bonchev–Trinajstić information content (AvgIpc) is 2.27. The second-order valence-electron chi connectivity index (χ2n) is 5.07. The van der Waals surface area contributed by atoms with Gasteiger partial charge in [-0.3, -0.25) is 4.48 Å². The van der Waals surface area contributed by atoms with Crippen LogP contribution < -0.4 is 17.0 Å². The second-order valence-corrected chi connectivity index (χ2v) is 5.07. The van der Waals surface area contributed by atoms with E-state index < -0.39 is 0 Å². The predicted molar refractivity (Wildman–Crippen MR) is 63.9 cm³/mol. The first-order valence-electron chi connectivity index (χ1n) is 6.41. The van der Waals surface area contributed by atoms with Gasteiger partial charge < -0.3 is 21.9 Å². The average molecular weight is 290 g/mol. The highest BCUT2D eigenvalue weighted by Gasteiger charge is 2.37. The van der Waals surface area contributed by atoms with E-state index in [1.807, 2.05) is 0 Å². The molecule has 0 N–H and O–H groups in total. The normalized spacial score (nSPS) is 29.1. The van der Waals surface area contributed by atoms with Gasteiger partial charge in [0.15, 0.2) is 0 Å². The topological polar surface area (TPSA) is 15.6 Å². The number of rotatable bonds is 3. The number of guanidine groups is 1. The van der Waals surface area contributed by atoms with Gasteiger partial charge in [0.1, 0.15) is 0 Å². The standard InChI is InChI=1S/C12H24N3.BrH/c1-3-4-10-15(2)11-6-9-14-8-5-7-13-12(14)15;/h3-11H2,1-2H3;1H/q+1;/p-1. The van der Waals surface area contributed by atoms with Crippen molar-refractivity contribution in [2.45, 2.75) is 32.6 Å². The molecule has 2 heterocycles. The molecule has 0 bridgehead atoms. The van der Waals surface area contributed by atoms with E-state index in [1.165, 1.54) is 57.8 Å². The van der Waals surface area contributed by atoms with E-state index in [0.717, 1.165) is 11.0 Å². The van der Waals surface area contributed by atoms with Gasteiger partial charge in [0.2, 0.25) is 0 Å². The van der Waals surface area contributed by atoms with Gasteiger partial charge >= 0.3 is 0 Å². The summed E-state index contributed by atoms with van der Waals surface area (Å²) in [4.78, 5) is 7.29. The fourth-order valence-electron chi connectivity index (χ4n) is 2.79. The van der Waals surface area contributed by atoms with Crippen molar-refractivity contribution in [3.63, 3.8) is 0 Å². The Bertz CT molecular complexity index is 255. The number of quaternary nitrogens is 1. The van der Waals surface area contributed by atoms with Crippen LogP contribution in [0.1, 0.15) is 32.6 Å². The molecule has 1 unspecified atom stereocenters. The van der Waals surface area contributed by atoms with Crippen LogP contribution in [0, 0.1) is 0 Å². The summed E-state index contributed by atoms with van der Waals surface area (Å²) in [6, 6.07) is 0. The summed E-state index contributed by atoms with van der Waals surface area (Å²) in [5.41, 5.74) is 0. The van der Waals surface area contributed by atoms with Crippen LogP contribution in [0.5, 0.6) is 0 Å². The van der Waals surface area contributed by atoms with Crippen LogP contribution in [0.15, 0.2) is 4.99 Å². The Morgan fingerprint density at radius 1 is 1.31 bits per heavy atom. The van der Waals surface area contributed by atoms with E-state index in [9.17, 15) is 0 Å². The van der Waals surface area contributed by atoms with Crippen LogP contribution in [-0.4, -0.2) is 55.1 Å². The largest absolute Gasteiger partial charge is 1.00 e. The monoisotopic (exact) mass is 289 g/mol. The smallest absolute Gasteiger partial charge is 0.300 e. The van der Waals surface area contributed by atoms with Gasteiger partial charge in [-0.2, -0.15) is 0 Å². The van der Waals surface area contributed by atoms with Crippen molar-refractivity contribution < 1.29 is 21.5 Å². The fraction of sp³-hybridized carbons (Fsp3) is 0.917. The van der Waals surface area contributed by atoms with Crippen molar-refractivity contribution in [2.75, 3.05) is 39.8 Å². The molecule has 0 saturated carbocycles. The Hall–Kier alpha value is -0.0900. The lowest BCUT2D eigenvalue weighted by Crippen LogP contribution is -3.00. The van der Waals surface area contributed by atoms with E-state index in [0.29, 0.717) is 0 Å². The van der Waals surface area contributed by atoms with Crippen molar-refractivity contribution in [1.29, 1.82) is 0 Å². The van der Waals surface area contributed by atoms with E-state index >= 15 is 0 Å². The Morgan fingerprint density at radius 3 is 2.81 bits per heavy atom. The molecule has 1 atom stereocenters. The third-order valence-corrected chi connectivity index (χ3v) is 3.69. The molecule has 0 aromatic rings. The zero-order valence-corrected chi connectivity index (χ0v) is 12.2. The maximum atomic E-state index is 4.77. The first-order chi connectivity index (χ1) is 7.26. The molecule has 0 aromatic carbocycles. The van der Waals surface area contributed by atoms with E-state index in [1.54, 1.807) is 0 Å². The predicted octanol–water partition coefficient (Wildman–Crippen LogP) is -1.30. The Labute approximate surface area is 110 Å². The fourth-order valence-corrected chi connectivity index (χ4v) is 2.79. The van der Waals surface area contributed by atoms with Crippen LogP contribution >= 0.6 is 0 Å². The van der Waals surface area contributed by atoms with Crippen LogP contribution in [0.3, 0.4) is 0 Å². The van der Waals surface area contributed by atoms with Crippen LogP contribution in [-0.2, 0) is 0 Å². The molecule has 2 aliphatic heterocycles. The zero-order valence-electron chi connectivity index (χ0n) is 10.6. The number of hydrogen-bond acceptors (Lipinski definition) is 2. The van der Waals surface area contributed by atoms with Gasteiger partial charge in [0.05, 0.1) is 20.1 Å². The van der Waals surface area contributed by atoms with Gasteiger partial charge in [0, 0.05) is 26.1 Å². The molecule has 0 radical (unpaired) electrons. The lowest BCUT2D eigenvalue weighted by atomic mass is 10.2. The molecule has 2 rings (SSSR count). The zero-order chi connectivity index (χ0) is 10.7. The Kier molecular flexibility index (Phi) is 5.25. The van der Waals surface area contributed by atoms with E-state index in [-0.39, 0.29) is 17.0 Å². The molecule has 0 aliphatic carbocycles. The number of fused-ring (bicyclic) bond motifs is 1. The minimum absolute atomic E-state index is 0. The van der Waals surface area contributed by atoms with Gasteiger partial charge in [-0.15, -0.1) is 0 Å². The SMILES string of the molecule is CCCC[N+]1(C)CCCN2CCCN=C21.[Br-]. The van der Waals surface area contributed by atoms with Crippen molar-refractivity contribution in [2.24, 2.45) is 4.99 Å². The highest BCUT2D eigenvalue weighted by atomic mass is 79.9. The summed E-state index contributed by atoms with van der Waals surface area (Å²) in [5.74, 6) is 1.38. The summed E-state index contributed by atoms with van der Waals surface area (Å²) >= 11 is 0. The van der Waals surface area contributed by atoms with Crippen LogP contribution in [0.4, 0.5) is 0 Å².